The van der Waals surface area contributed by atoms with Crippen molar-refractivity contribution in [1.82, 2.24) is 25.3 Å². The van der Waals surface area contributed by atoms with Gasteiger partial charge in [0.25, 0.3) is 0 Å². The van der Waals surface area contributed by atoms with E-state index in [1.165, 1.54) is 0 Å². The Morgan fingerprint density at radius 1 is 1.25 bits per heavy atom. The number of hydrogen-bond acceptors (Lipinski definition) is 6. The Kier molecular flexibility index (Phi) is 6.16. The van der Waals surface area contributed by atoms with Gasteiger partial charge in [0.1, 0.15) is 6.54 Å². The number of aromatic nitrogens is 2. The molecule has 1 saturated heterocycles. The Hall–Kier alpha value is -1.68. The molecule has 10 heteroatoms. The van der Waals surface area contributed by atoms with Crippen molar-refractivity contribution in [3.63, 3.8) is 0 Å². The van der Waals surface area contributed by atoms with Gasteiger partial charge in [0.05, 0.1) is 13.1 Å². The minimum atomic E-state index is -4.38. The van der Waals surface area contributed by atoms with Gasteiger partial charge in [0.15, 0.2) is 5.82 Å². The molecule has 0 atom stereocenters. The normalized spacial score (nSPS) is 17.4. The molecule has 7 nitrogen and oxygen atoms in total. The van der Waals surface area contributed by atoms with Gasteiger partial charge in [-0.3, -0.25) is 14.6 Å². The molecule has 0 spiro atoms. The van der Waals surface area contributed by atoms with Crippen molar-refractivity contribution in [2.75, 3.05) is 39.3 Å². The van der Waals surface area contributed by atoms with Gasteiger partial charge in [0, 0.05) is 32.1 Å². The lowest BCUT2D eigenvalue weighted by molar-refractivity contribution is -0.139. The third-order valence-electron chi connectivity index (χ3n) is 3.68. The predicted molar refractivity (Wildman–Crippen MR) is 79.2 cm³/mol. The van der Waals surface area contributed by atoms with Crippen molar-refractivity contribution in [3.8, 4) is 0 Å². The number of carbonyl (C=O) groups excluding carboxylic acids is 1. The zero-order valence-corrected chi connectivity index (χ0v) is 13.8. The largest absolute Gasteiger partial charge is 0.405 e. The number of hydrogen-bond donors (Lipinski definition) is 1. The first kappa shape index (κ1) is 18.7. The number of piperazine rings is 1. The van der Waals surface area contributed by atoms with Crippen LogP contribution in [-0.2, 0) is 11.3 Å². The summed E-state index contributed by atoms with van der Waals surface area (Å²) in [6, 6.07) is 0. The predicted octanol–water partition coefficient (Wildman–Crippen LogP) is 0.989. The molecule has 0 bridgehead atoms. The Bertz CT molecular complexity index is 539. The minimum absolute atomic E-state index is 0.0258. The van der Waals surface area contributed by atoms with Gasteiger partial charge < -0.3 is 9.84 Å². The summed E-state index contributed by atoms with van der Waals surface area (Å²) in [4.78, 5) is 19.8. The second-order valence-corrected chi connectivity index (χ2v) is 6.15. The Morgan fingerprint density at radius 2 is 1.88 bits per heavy atom. The molecule has 1 aromatic rings. The molecule has 2 rings (SSSR count). The first-order chi connectivity index (χ1) is 11.2. The number of carbonyl (C=O) groups is 1. The highest BCUT2D eigenvalue weighted by atomic mass is 19.4. The standard InChI is InChI=1S/C14H22F3N5O2/c1-10(2)13-19-12(24-20-13)8-22-5-3-21(4-6-22)7-11(23)18-9-14(15,16)17/h10H,3-9H2,1-2H3,(H,18,23). The van der Waals surface area contributed by atoms with Gasteiger partial charge in [-0.15, -0.1) is 0 Å². The maximum Gasteiger partial charge on any atom is 0.405 e. The van der Waals surface area contributed by atoms with Crippen LogP contribution in [0.2, 0.25) is 0 Å². The van der Waals surface area contributed by atoms with Crippen LogP contribution in [-0.4, -0.2) is 71.3 Å². The number of nitrogens with zero attached hydrogens (tertiary/aromatic N) is 4. The van der Waals surface area contributed by atoms with Crippen molar-refractivity contribution >= 4 is 5.91 Å². The molecule has 0 saturated carbocycles. The maximum atomic E-state index is 12.0. The average Bonchev–Trinajstić information content (AvgIpc) is 2.95. The number of rotatable bonds is 6. The van der Waals surface area contributed by atoms with E-state index in [-0.39, 0.29) is 12.5 Å². The third kappa shape index (κ3) is 6.08. The summed E-state index contributed by atoms with van der Waals surface area (Å²) in [5.41, 5.74) is 0. The van der Waals surface area contributed by atoms with E-state index < -0.39 is 18.6 Å². The van der Waals surface area contributed by atoms with Crippen LogP contribution in [0.1, 0.15) is 31.5 Å². The highest BCUT2D eigenvalue weighted by molar-refractivity contribution is 5.78. The van der Waals surface area contributed by atoms with Crippen LogP contribution in [0.5, 0.6) is 0 Å². The summed E-state index contributed by atoms with van der Waals surface area (Å²) in [6.45, 7) is 5.76. The lowest BCUT2D eigenvalue weighted by Gasteiger charge is -2.33. The molecule has 0 radical (unpaired) electrons. The van der Waals surface area contributed by atoms with E-state index in [1.807, 2.05) is 24.1 Å². The zero-order chi connectivity index (χ0) is 17.7. The molecule has 1 N–H and O–H groups in total. The Balaban J connectivity index is 1.70. The molecule has 1 aromatic heterocycles. The third-order valence-corrected chi connectivity index (χ3v) is 3.68. The highest BCUT2D eigenvalue weighted by Crippen LogP contribution is 2.13. The van der Waals surface area contributed by atoms with E-state index in [2.05, 4.69) is 15.0 Å². The van der Waals surface area contributed by atoms with E-state index >= 15 is 0 Å². The number of amides is 1. The second kappa shape index (κ2) is 7.93. The first-order valence-electron chi connectivity index (χ1n) is 7.83. The van der Waals surface area contributed by atoms with Crippen LogP contribution in [0.15, 0.2) is 4.52 Å². The zero-order valence-electron chi connectivity index (χ0n) is 13.8. The van der Waals surface area contributed by atoms with Gasteiger partial charge in [-0.05, 0) is 0 Å². The van der Waals surface area contributed by atoms with Crippen molar-refractivity contribution in [3.05, 3.63) is 11.7 Å². The van der Waals surface area contributed by atoms with Gasteiger partial charge in [-0.1, -0.05) is 19.0 Å². The molecule has 1 amide bonds. The van der Waals surface area contributed by atoms with E-state index in [0.717, 1.165) is 0 Å². The smallest absolute Gasteiger partial charge is 0.346 e. The molecular formula is C14H22F3N5O2. The molecule has 136 valence electrons. The summed E-state index contributed by atoms with van der Waals surface area (Å²) in [6.07, 6.45) is -4.38. The van der Waals surface area contributed by atoms with E-state index in [0.29, 0.717) is 44.4 Å². The van der Waals surface area contributed by atoms with Crippen LogP contribution in [0.4, 0.5) is 13.2 Å². The van der Waals surface area contributed by atoms with Gasteiger partial charge in [-0.25, -0.2) is 0 Å². The molecular weight excluding hydrogens is 327 g/mol. The van der Waals surface area contributed by atoms with Gasteiger partial charge >= 0.3 is 6.18 Å². The van der Waals surface area contributed by atoms with Gasteiger partial charge in [0.2, 0.25) is 11.8 Å². The minimum Gasteiger partial charge on any atom is -0.346 e. The molecule has 1 aliphatic rings. The fraction of sp³-hybridized carbons (Fsp3) is 0.786. The number of halogens is 3. The highest BCUT2D eigenvalue weighted by Gasteiger charge is 2.28. The summed E-state index contributed by atoms with van der Waals surface area (Å²) in [7, 11) is 0. The van der Waals surface area contributed by atoms with Gasteiger partial charge in [-0.2, -0.15) is 18.2 Å². The van der Waals surface area contributed by atoms with Crippen molar-refractivity contribution < 1.29 is 22.5 Å². The molecule has 1 aliphatic heterocycles. The van der Waals surface area contributed by atoms with Crippen LogP contribution in [0.3, 0.4) is 0 Å². The average molecular weight is 349 g/mol. The summed E-state index contributed by atoms with van der Waals surface area (Å²) in [5, 5.41) is 5.79. The Labute approximate surface area is 138 Å². The Morgan fingerprint density at radius 3 is 2.42 bits per heavy atom. The van der Waals surface area contributed by atoms with E-state index in [4.69, 9.17) is 4.52 Å². The van der Waals surface area contributed by atoms with Crippen LogP contribution < -0.4 is 5.32 Å². The van der Waals surface area contributed by atoms with Crippen LogP contribution in [0.25, 0.3) is 0 Å². The lowest BCUT2D eigenvalue weighted by Crippen LogP contribution is -2.49. The lowest BCUT2D eigenvalue weighted by atomic mass is 10.2. The number of nitrogens with one attached hydrogen (secondary N) is 1. The molecule has 24 heavy (non-hydrogen) atoms. The molecule has 2 heterocycles. The summed E-state index contributed by atoms with van der Waals surface area (Å²) < 4.78 is 41.3. The topological polar surface area (TPSA) is 74.5 Å². The van der Waals surface area contributed by atoms with Crippen molar-refractivity contribution in [2.45, 2.75) is 32.5 Å². The van der Waals surface area contributed by atoms with Crippen molar-refractivity contribution in [2.24, 2.45) is 0 Å². The van der Waals surface area contributed by atoms with Crippen LogP contribution >= 0.6 is 0 Å². The quantitative estimate of drug-likeness (QED) is 0.826. The second-order valence-electron chi connectivity index (χ2n) is 6.15. The SMILES string of the molecule is CC(C)c1noc(CN2CCN(CC(=O)NCC(F)(F)F)CC2)n1. The fourth-order valence-electron chi connectivity index (χ4n) is 2.32. The van der Waals surface area contributed by atoms with Crippen LogP contribution in [0, 0.1) is 0 Å². The molecule has 0 aliphatic carbocycles. The monoisotopic (exact) mass is 349 g/mol. The molecule has 1 fully saturated rings. The van der Waals surface area contributed by atoms with E-state index in [1.54, 1.807) is 0 Å². The van der Waals surface area contributed by atoms with Crippen molar-refractivity contribution in [1.29, 1.82) is 0 Å². The fourth-order valence-corrected chi connectivity index (χ4v) is 2.32. The number of alkyl halides is 3. The van der Waals surface area contributed by atoms with E-state index in [9.17, 15) is 18.0 Å². The molecule has 0 unspecified atom stereocenters. The first-order valence-corrected chi connectivity index (χ1v) is 7.83. The maximum absolute atomic E-state index is 12.0. The molecule has 0 aromatic carbocycles. The summed E-state index contributed by atoms with van der Waals surface area (Å²) in [5.74, 6) is 0.814. The summed E-state index contributed by atoms with van der Waals surface area (Å²) >= 11 is 0.